The van der Waals surface area contributed by atoms with Crippen molar-refractivity contribution < 1.29 is 9.13 Å². The number of hydrogen-bond donors (Lipinski definition) is 1. The molecule has 1 saturated carbocycles. The zero-order valence-corrected chi connectivity index (χ0v) is 8.00. The molecule has 1 aliphatic rings. The van der Waals surface area contributed by atoms with E-state index in [1.165, 1.54) is 12.8 Å². The minimum Gasteiger partial charge on any atom is -0.396 e. The fourth-order valence-electron chi connectivity index (χ4n) is 1.33. The predicted molar refractivity (Wildman–Crippen MR) is 53.2 cm³/mol. The largest absolute Gasteiger partial charge is 0.396 e. The highest BCUT2D eigenvalue weighted by Gasteiger charge is 2.21. The molecule has 1 aromatic carbocycles. The van der Waals surface area contributed by atoms with Crippen LogP contribution in [0.1, 0.15) is 18.4 Å². The van der Waals surface area contributed by atoms with Crippen LogP contribution in [-0.2, 0) is 11.3 Å². The molecule has 0 radical (unpaired) electrons. The van der Waals surface area contributed by atoms with E-state index in [4.69, 9.17) is 10.5 Å². The molecular weight excluding hydrogens is 181 g/mol. The molecule has 0 saturated heterocycles. The Hall–Kier alpha value is -1.09. The van der Waals surface area contributed by atoms with E-state index >= 15 is 0 Å². The van der Waals surface area contributed by atoms with Crippen molar-refractivity contribution in [2.75, 3.05) is 12.3 Å². The molecule has 1 fully saturated rings. The predicted octanol–water partition coefficient (Wildman–Crippen LogP) is 2.33. The molecule has 0 aliphatic heterocycles. The summed E-state index contributed by atoms with van der Waals surface area (Å²) in [4.78, 5) is 0. The van der Waals surface area contributed by atoms with E-state index in [-0.39, 0.29) is 11.5 Å². The third-order valence-corrected chi connectivity index (χ3v) is 2.42. The number of anilines is 1. The fourth-order valence-corrected chi connectivity index (χ4v) is 1.33. The zero-order chi connectivity index (χ0) is 9.97. The lowest BCUT2D eigenvalue weighted by atomic mass is 10.2. The number of nitrogen functional groups attached to an aromatic ring is 1. The van der Waals surface area contributed by atoms with Crippen LogP contribution in [0.15, 0.2) is 18.2 Å². The first-order chi connectivity index (χ1) is 6.77. The Bertz CT molecular complexity index is 323. The third kappa shape index (κ3) is 2.23. The summed E-state index contributed by atoms with van der Waals surface area (Å²) in [5.41, 5.74) is 6.17. The van der Waals surface area contributed by atoms with Crippen LogP contribution in [0.3, 0.4) is 0 Å². The summed E-state index contributed by atoms with van der Waals surface area (Å²) in [6.45, 7) is 1.07. The molecule has 0 atom stereocenters. The molecule has 0 amide bonds. The molecule has 2 nitrogen and oxygen atoms in total. The van der Waals surface area contributed by atoms with Crippen molar-refractivity contribution in [1.82, 2.24) is 0 Å². The van der Waals surface area contributed by atoms with Crippen molar-refractivity contribution in [3.63, 3.8) is 0 Å². The standard InChI is InChI=1S/C11H14FNO/c12-11-9(2-1-3-10(11)13)7-14-6-8-4-5-8/h1-3,8H,4-7,13H2. The summed E-state index contributed by atoms with van der Waals surface area (Å²) in [5.74, 6) is 0.363. The van der Waals surface area contributed by atoms with Crippen molar-refractivity contribution in [2.45, 2.75) is 19.4 Å². The van der Waals surface area contributed by atoms with Crippen LogP contribution in [0.5, 0.6) is 0 Å². The molecule has 0 spiro atoms. The maximum atomic E-state index is 13.3. The molecule has 2 N–H and O–H groups in total. The molecular formula is C11H14FNO. The highest BCUT2D eigenvalue weighted by atomic mass is 19.1. The smallest absolute Gasteiger partial charge is 0.151 e. The van der Waals surface area contributed by atoms with Gasteiger partial charge in [-0.1, -0.05) is 12.1 Å². The minimum atomic E-state index is -0.344. The molecule has 14 heavy (non-hydrogen) atoms. The van der Waals surface area contributed by atoms with Crippen molar-refractivity contribution in [1.29, 1.82) is 0 Å². The van der Waals surface area contributed by atoms with Crippen LogP contribution < -0.4 is 5.73 Å². The number of halogens is 1. The number of rotatable bonds is 4. The summed E-state index contributed by atoms with van der Waals surface area (Å²) >= 11 is 0. The summed E-state index contributed by atoms with van der Waals surface area (Å²) in [6.07, 6.45) is 2.50. The van der Waals surface area contributed by atoms with Crippen molar-refractivity contribution in [2.24, 2.45) is 5.92 Å². The second kappa shape index (κ2) is 3.96. The molecule has 0 bridgehead atoms. The monoisotopic (exact) mass is 195 g/mol. The van der Waals surface area contributed by atoms with Crippen LogP contribution in [0.2, 0.25) is 0 Å². The number of benzene rings is 1. The molecule has 3 heteroatoms. The van der Waals surface area contributed by atoms with E-state index in [9.17, 15) is 4.39 Å². The summed E-state index contributed by atoms with van der Waals surface area (Å²) in [7, 11) is 0. The summed E-state index contributed by atoms with van der Waals surface area (Å²) in [6, 6.07) is 5.01. The molecule has 0 unspecified atom stereocenters. The van der Waals surface area contributed by atoms with Crippen LogP contribution in [-0.4, -0.2) is 6.61 Å². The third-order valence-electron chi connectivity index (χ3n) is 2.42. The van der Waals surface area contributed by atoms with Crippen LogP contribution >= 0.6 is 0 Å². The first-order valence-corrected chi connectivity index (χ1v) is 4.88. The molecule has 0 heterocycles. The average molecular weight is 195 g/mol. The van der Waals surface area contributed by atoms with Gasteiger partial charge in [-0.05, 0) is 24.8 Å². The second-order valence-corrected chi connectivity index (χ2v) is 3.78. The Morgan fingerprint density at radius 1 is 1.43 bits per heavy atom. The second-order valence-electron chi connectivity index (χ2n) is 3.78. The van der Waals surface area contributed by atoms with E-state index in [1.807, 2.05) is 0 Å². The molecule has 1 aromatic rings. The average Bonchev–Trinajstić information content (AvgIpc) is 2.96. The van der Waals surface area contributed by atoms with Crippen molar-refractivity contribution in [3.05, 3.63) is 29.6 Å². The lowest BCUT2D eigenvalue weighted by Gasteiger charge is -2.05. The van der Waals surface area contributed by atoms with Gasteiger partial charge in [0.1, 0.15) is 0 Å². The van der Waals surface area contributed by atoms with Gasteiger partial charge in [0.15, 0.2) is 5.82 Å². The van der Waals surface area contributed by atoms with Gasteiger partial charge in [0.2, 0.25) is 0 Å². The maximum absolute atomic E-state index is 13.3. The quantitative estimate of drug-likeness (QED) is 0.748. The number of nitrogens with two attached hydrogens (primary N) is 1. The zero-order valence-electron chi connectivity index (χ0n) is 8.00. The topological polar surface area (TPSA) is 35.2 Å². The van der Waals surface area contributed by atoms with Gasteiger partial charge >= 0.3 is 0 Å². The SMILES string of the molecule is Nc1cccc(COCC2CC2)c1F. The Labute approximate surface area is 82.9 Å². The van der Waals surface area contributed by atoms with Gasteiger partial charge in [0.25, 0.3) is 0 Å². The highest BCUT2D eigenvalue weighted by Crippen LogP contribution is 2.29. The van der Waals surface area contributed by atoms with E-state index < -0.39 is 0 Å². The van der Waals surface area contributed by atoms with E-state index in [1.54, 1.807) is 18.2 Å². The van der Waals surface area contributed by atoms with Crippen molar-refractivity contribution >= 4 is 5.69 Å². The Kier molecular flexibility index (Phi) is 2.68. The summed E-state index contributed by atoms with van der Waals surface area (Å²) in [5, 5.41) is 0. The Morgan fingerprint density at radius 3 is 2.93 bits per heavy atom. The summed E-state index contributed by atoms with van der Waals surface area (Å²) < 4.78 is 18.7. The number of ether oxygens (including phenoxy) is 1. The first kappa shape index (κ1) is 9.46. The van der Waals surface area contributed by atoms with Crippen LogP contribution in [0, 0.1) is 11.7 Å². The van der Waals surface area contributed by atoms with Gasteiger partial charge in [-0.3, -0.25) is 0 Å². The maximum Gasteiger partial charge on any atom is 0.151 e. The highest BCUT2D eigenvalue weighted by molar-refractivity contribution is 5.42. The molecule has 0 aromatic heterocycles. The molecule has 2 rings (SSSR count). The Morgan fingerprint density at radius 2 is 2.21 bits per heavy atom. The van der Waals surface area contributed by atoms with Crippen molar-refractivity contribution in [3.8, 4) is 0 Å². The van der Waals surface area contributed by atoms with Gasteiger partial charge in [-0.15, -0.1) is 0 Å². The number of hydrogen-bond acceptors (Lipinski definition) is 2. The van der Waals surface area contributed by atoms with Gasteiger partial charge in [0.05, 0.1) is 12.3 Å². The Balaban J connectivity index is 1.90. The first-order valence-electron chi connectivity index (χ1n) is 4.88. The lowest BCUT2D eigenvalue weighted by molar-refractivity contribution is 0.109. The molecule has 1 aliphatic carbocycles. The minimum absolute atomic E-state index is 0.192. The van der Waals surface area contributed by atoms with Gasteiger partial charge in [-0.2, -0.15) is 0 Å². The van der Waals surface area contributed by atoms with E-state index in [2.05, 4.69) is 0 Å². The van der Waals surface area contributed by atoms with E-state index in [0.29, 0.717) is 18.1 Å². The van der Waals surface area contributed by atoms with Crippen LogP contribution in [0.4, 0.5) is 10.1 Å². The van der Waals surface area contributed by atoms with Gasteiger partial charge in [0, 0.05) is 12.2 Å². The van der Waals surface area contributed by atoms with Crippen LogP contribution in [0.25, 0.3) is 0 Å². The molecule has 76 valence electrons. The van der Waals surface area contributed by atoms with E-state index in [0.717, 1.165) is 6.61 Å². The van der Waals surface area contributed by atoms with Gasteiger partial charge in [-0.25, -0.2) is 4.39 Å². The van der Waals surface area contributed by atoms with Gasteiger partial charge < -0.3 is 10.5 Å². The normalized spacial score (nSPS) is 15.8. The fraction of sp³-hybridized carbons (Fsp3) is 0.455. The lowest BCUT2D eigenvalue weighted by Crippen LogP contribution is -2.01.